The summed E-state index contributed by atoms with van der Waals surface area (Å²) in [6, 6.07) is 17.0. The quantitative estimate of drug-likeness (QED) is 0.706. The van der Waals surface area contributed by atoms with Crippen molar-refractivity contribution in [1.82, 2.24) is 15.0 Å². The number of carbonyl (C=O) groups excluding carboxylic acids is 1. The Hall–Kier alpha value is -3.15. The van der Waals surface area contributed by atoms with Crippen LogP contribution in [-0.4, -0.2) is 40.6 Å². The molecule has 1 aromatic heterocycles. The summed E-state index contributed by atoms with van der Waals surface area (Å²) >= 11 is 0. The average Bonchev–Trinajstić information content (AvgIpc) is 3.39. The second-order valence-electron chi connectivity index (χ2n) is 6.19. The Kier molecular flexibility index (Phi) is 4.64. The lowest BCUT2D eigenvalue weighted by Crippen LogP contribution is -2.32. The van der Waals surface area contributed by atoms with Gasteiger partial charge in [-0.25, -0.2) is 0 Å². The predicted molar refractivity (Wildman–Crippen MR) is 96.5 cm³/mol. The molecule has 2 heterocycles. The van der Waals surface area contributed by atoms with Crippen molar-refractivity contribution in [3.63, 3.8) is 0 Å². The summed E-state index contributed by atoms with van der Waals surface area (Å²) in [7, 11) is 0. The fourth-order valence-corrected chi connectivity index (χ4v) is 2.94. The number of amides is 1. The molecule has 1 aliphatic heterocycles. The van der Waals surface area contributed by atoms with Crippen LogP contribution in [0.25, 0.3) is 22.8 Å². The van der Waals surface area contributed by atoms with Crippen molar-refractivity contribution >= 4 is 5.91 Å². The fraction of sp³-hybridized carbons (Fsp3) is 0.250. The lowest BCUT2D eigenvalue weighted by atomic mass is 10.2. The highest BCUT2D eigenvalue weighted by Gasteiger charge is 2.18. The van der Waals surface area contributed by atoms with Gasteiger partial charge in [-0.15, -0.1) is 0 Å². The molecule has 0 atom stereocenters. The topological polar surface area (TPSA) is 68.5 Å². The minimum atomic E-state index is 0.0379. The molecule has 26 heavy (non-hydrogen) atoms. The van der Waals surface area contributed by atoms with Gasteiger partial charge in [0.1, 0.15) is 5.75 Å². The van der Waals surface area contributed by atoms with Gasteiger partial charge >= 0.3 is 0 Å². The minimum absolute atomic E-state index is 0.0379. The fourth-order valence-electron chi connectivity index (χ4n) is 2.94. The Bertz CT molecular complexity index is 869. The van der Waals surface area contributed by atoms with Crippen molar-refractivity contribution in [3.8, 4) is 28.6 Å². The third-order valence-electron chi connectivity index (χ3n) is 4.38. The molecular weight excluding hydrogens is 330 g/mol. The third-order valence-corrected chi connectivity index (χ3v) is 4.38. The smallest absolute Gasteiger partial charge is 0.260 e. The molecule has 0 bridgehead atoms. The molecule has 3 aromatic rings. The predicted octanol–water partition coefficient (Wildman–Crippen LogP) is 3.40. The second kappa shape index (κ2) is 7.39. The number of rotatable bonds is 5. The molecule has 6 heteroatoms. The number of ether oxygens (including phenoxy) is 1. The molecule has 0 saturated carbocycles. The number of nitrogens with zero attached hydrogens (tertiary/aromatic N) is 3. The Labute approximate surface area is 151 Å². The summed E-state index contributed by atoms with van der Waals surface area (Å²) in [4.78, 5) is 18.3. The van der Waals surface area contributed by atoms with Gasteiger partial charge < -0.3 is 14.2 Å². The Morgan fingerprint density at radius 3 is 2.46 bits per heavy atom. The van der Waals surface area contributed by atoms with Gasteiger partial charge in [-0.1, -0.05) is 35.5 Å². The van der Waals surface area contributed by atoms with E-state index in [1.807, 2.05) is 47.4 Å². The summed E-state index contributed by atoms with van der Waals surface area (Å²) in [5.74, 6) is 1.68. The first kappa shape index (κ1) is 16.3. The second-order valence-corrected chi connectivity index (χ2v) is 6.19. The summed E-state index contributed by atoms with van der Waals surface area (Å²) in [6.07, 6.45) is 2.16. The maximum atomic E-state index is 12.0. The summed E-state index contributed by atoms with van der Waals surface area (Å²) in [5, 5.41) is 4.02. The van der Waals surface area contributed by atoms with Crippen molar-refractivity contribution in [3.05, 3.63) is 54.6 Å². The first-order valence-electron chi connectivity index (χ1n) is 8.70. The molecule has 1 fully saturated rings. The third kappa shape index (κ3) is 3.59. The van der Waals surface area contributed by atoms with Crippen LogP contribution in [-0.2, 0) is 4.79 Å². The zero-order valence-electron chi connectivity index (χ0n) is 14.3. The van der Waals surface area contributed by atoms with Gasteiger partial charge in [0, 0.05) is 24.2 Å². The summed E-state index contributed by atoms with van der Waals surface area (Å²) in [5.41, 5.74) is 1.71. The molecule has 0 spiro atoms. The standard InChI is InChI=1S/C20H19N3O3/c24-18(23-12-4-5-13-23)14-25-17-10-8-16(9-11-17)20-21-19(22-26-20)15-6-2-1-3-7-15/h1-3,6-11H,4-5,12-14H2. The number of benzene rings is 2. The largest absolute Gasteiger partial charge is 0.484 e. The van der Waals surface area contributed by atoms with E-state index < -0.39 is 0 Å². The van der Waals surface area contributed by atoms with E-state index in [4.69, 9.17) is 9.26 Å². The number of carbonyl (C=O) groups is 1. The number of aromatic nitrogens is 2. The van der Waals surface area contributed by atoms with Crippen LogP contribution in [0, 0.1) is 0 Å². The lowest BCUT2D eigenvalue weighted by molar-refractivity contribution is -0.132. The van der Waals surface area contributed by atoms with Crippen LogP contribution < -0.4 is 4.74 Å². The van der Waals surface area contributed by atoms with Crippen LogP contribution in [0.5, 0.6) is 5.75 Å². The number of hydrogen-bond acceptors (Lipinski definition) is 5. The minimum Gasteiger partial charge on any atom is -0.484 e. The maximum Gasteiger partial charge on any atom is 0.260 e. The Balaban J connectivity index is 1.40. The van der Waals surface area contributed by atoms with Crippen molar-refractivity contribution in [2.75, 3.05) is 19.7 Å². The molecule has 0 unspecified atom stereocenters. The van der Waals surface area contributed by atoms with Crippen LogP contribution in [0.3, 0.4) is 0 Å². The van der Waals surface area contributed by atoms with Crippen molar-refractivity contribution in [2.45, 2.75) is 12.8 Å². The molecule has 132 valence electrons. The molecule has 4 rings (SSSR count). The zero-order chi connectivity index (χ0) is 17.8. The maximum absolute atomic E-state index is 12.0. The van der Waals surface area contributed by atoms with Gasteiger partial charge in [-0.3, -0.25) is 4.79 Å². The first-order valence-corrected chi connectivity index (χ1v) is 8.70. The highest BCUT2D eigenvalue weighted by atomic mass is 16.5. The number of hydrogen-bond donors (Lipinski definition) is 0. The van der Waals surface area contributed by atoms with E-state index >= 15 is 0 Å². The van der Waals surface area contributed by atoms with Crippen LogP contribution >= 0.6 is 0 Å². The zero-order valence-corrected chi connectivity index (χ0v) is 14.3. The molecule has 1 aliphatic rings. The van der Waals surface area contributed by atoms with E-state index in [2.05, 4.69) is 10.1 Å². The molecule has 1 amide bonds. The van der Waals surface area contributed by atoms with E-state index in [0.717, 1.165) is 37.1 Å². The van der Waals surface area contributed by atoms with Gasteiger partial charge in [-0.05, 0) is 37.1 Å². The van der Waals surface area contributed by atoms with Crippen molar-refractivity contribution in [1.29, 1.82) is 0 Å². The van der Waals surface area contributed by atoms with E-state index in [0.29, 0.717) is 17.5 Å². The molecule has 2 aromatic carbocycles. The van der Waals surface area contributed by atoms with Gasteiger partial charge in [-0.2, -0.15) is 4.98 Å². The van der Waals surface area contributed by atoms with Gasteiger partial charge in [0.15, 0.2) is 6.61 Å². The van der Waals surface area contributed by atoms with E-state index in [1.165, 1.54) is 0 Å². The van der Waals surface area contributed by atoms with Crippen LogP contribution in [0.1, 0.15) is 12.8 Å². The molecule has 0 N–H and O–H groups in total. The van der Waals surface area contributed by atoms with Crippen LogP contribution in [0.4, 0.5) is 0 Å². The Morgan fingerprint density at radius 2 is 1.73 bits per heavy atom. The highest BCUT2D eigenvalue weighted by Crippen LogP contribution is 2.24. The van der Waals surface area contributed by atoms with Crippen LogP contribution in [0.15, 0.2) is 59.1 Å². The lowest BCUT2D eigenvalue weighted by Gasteiger charge is -2.15. The van der Waals surface area contributed by atoms with Gasteiger partial charge in [0.05, 0.1) is 0 Å². The van der Waals surface area contributed by atoms with Gasteiger partial charge in [0.2, 0.25) is 5.82 Å². The average molecular weight is 349 g/mol. The van der Waals surface area contributed by atoms with Crippen molar-refractivity contribution in [2.24, 2.45) is 0 Å². The van der Waals surface area contributed by atoms with E-state index in [1.54, 1.807) is 12.1 Å². The van der Waals surface area contributed by atoms with Crippen molar-refractivity contribution < 1.29 is 14.1 Å². The molecule has 0 radical (unpaired) electrons. The normalized spacial score (nSPS) is 13.8. The Morgan fingerprint density at radius 1 is 1.00 bits per heavy atom. The van der Waals surface area contributed by atoms with E-state index in [-0.39, 0.29) is 12.5 Å². The molecule has 6 nitrogen and oxygen atoms in total. The first-order chi connectivity index (χ1) is 12.8. The van der Waals surface area contributed by atoms with Gasteiger partial charge in [0.25, 0.3) is 11.8 Å². The number of likely N-dealkylation sites (tertiary alicyclic amines) is 1. The monoisotopic (exact) mass is 349 g/mol. The van der Waals surface area contributed by atoms with E-state index in [9.17, 15) is 4.79 Å². The summed E-state index contributed by atoms with van der Waals surface area (Å²) < 4.78 is 10.9. The molecular formula is C20H19N3O3. The summed E-state index contributed by atoms with van der Waals surface area (Å²) in [6.45, 7) is 1.74. The SMILES string of the molecule is O=C(COc1ccc(-c2nc(-c3ccccc3)no2)cc1)N1CCCC1. The molecule has 0 aliphatic carbocycles. The van der Waals surface area contributed by atoms with Crippen LogP contribution in [0.2, 0.25) is 0 Å². The molecule has 1 saturated heterocycles. The highest BCUT2D eigenvalue weighted by molar-refractivity contribution is 5.78.